The molecule has 242 valence electrons. The number of carboxylic acid groups (broad SMARTS) is 1. The van der Waals surface area contributed by atoms with Gasteiger partial charge in [-0.15, -0.1) is 4.80 Å². The van der Waals surface area contributed by atoms with Crippen LogP contribution >= 0.6 is 11.3 Å². The van der Waals surface area contributed by atoms with Crippen molar-refractivity contribution in [3.05, 3.63) is 68.4 Å². The van der Waals surface area contributed by atoms with Crippen LogP contribution in [-0.2, 0) is 31.1 Å². The maximum atomic E-state index is 14.6. The predicted octanol–water partition coefficient (Wildman–Crippen LogP) is 3.82. The molecule has 1 N–H and O–H groups in total. The molecule has 0 bridgehead atoms. The number of aryl methyl sites for hydroxylation is 1. The third-order valence-corrected chi connectivity index (χ3v) is 8.73. The lowest BCUT2D eigenvalue weighted by Gasteiger charge is -2.26. The fourth-order valence-corrected chi connectivity index (χ4v) is 5.97. The molecule has 4 aromatic rings. The van der Waals surface area contributed by atoms with E-state index in [0.29, 0.717) is 21.6 Å². The van der Waals surface area contributed by atoms with Crippen molar-refractivity contribution in [3.8, 4) is 10.8 Å². The number of hydrogen-bond acceptors (Lipinski definition) is 10. The van der Waals surface area contributed by atoms with Gasteiger partial charge in [-0.3, -0.25) is 14.2 Å². The minimum absolute atomic E-state index is 0.0963. The molecule has 0 aliphatic heterocycles. The van der Waals surface area contributed by atoms with E-state index in [1.165, 1.54) is 60.9 Å². The van der Waals surface area contributed by atoms with Crippen LogP contribution in [0.4, 0.5) is 4.39 Å². The molecule has 0 fully saturated rings. The van der Waals surface area contributed by atoms with Gasteiger partial charge in [0.1, 0.15) is 33.0 Å². The number of hydrogen-bond donors (Lipinski definition) is 1. The summed E-state index contributed by atoms with van der Waals surface area (Å²) in [6.45, 7) is 7.57. The molecular formula is C30H36FN5O8S. The Balaban J connectivity index is 1.91. The lowest BCUT2D eigenvalue weighted by atomic mass is 10.1. The summed E-state index contributed by atoms with van der Waals surface area (Å²) in [5.41, 5.74) is -2.98. The van der Waals surface area contributed by atoms with Crippen LogP contribution in [0.25, 0.3) is 15.2 Å². The average Bonchev–Trinajstić information content (AvgIpc) is 3.64. The zero-order valence-corrected chi connectivity index (χ0v) is 26.7. The Hall–Kier alpha value is -4.37. The molecule has 0 radical (unpaired) electrons. The minimum atomic E-state index is -1.94. The standard InChI is InChI=1S/C30H36FN5O8S/c1-7-8-13-43-27(38)17(2)16-44-22(20-14-19(31)9-10-21(20)42-6)15-34-26-23(18(3)25(45-26)36-32-11-12-33-36)24(37)35(29(34)41)30(4,5)28(39)40/h9-12,14,17,22H,7-8,13,15-16H2,1-6H3,(H,39,40)/t17?,22-/m0/s1. The van der Waals surface area contributed by atoms with Crippen LogP contribution in [0.5, 0.6) is 5.75 Å². The van der Waals surface area contributed by atoms with Crippen LogP contribution in [0.15, 0.2) is 40.2 Å². The molecule has 0 amide bonds. The molecule has 0 aliphatic rings. The van der Waals surface area contributed by atoms with Crippen LogP contribution in [-0.4, -0.2) is 61.5 Å². The Labute approximate surface area is 261 Å². The first-order chi connectivity index (χ1) is 21.3. The number of ether oxygens (including phenoxy) is 3. The average molecular weight is 646 g/mol. The van der Waals surface area contributed by atoms with Gasteiger partial charge < -0.3 is 19.3 Å². The van der Waals surface area contributed by atoms with E-state index in [-0.39, 0.29) is 41.3 Å². The summed E-state index contributed by atoms with van der Waals surface area (Å²) in [5, 5.41) is 18.9. The first kappa shape index (κ1) is 33.5. The smallest absolute Gasteiger partial charge is 0.333 e. The third-order valence-electron chi connectivity index (χ3n) is 7.45. The van der Waals surface area contributed by atoms with Gasteiger partial charge in [0.05, 0.1) is 50.6 Å². The molecule has 1 aromatic carbocycles. The summed E-state index contributed by atoms with van der Waals surface area (Å²) in [6.07, 6.45) is 3.38. The van der Waals surface area contributed by atoms with E-state index in [1.807, 2.05) is 6.92 Å². The highest BCUT2D eigenvalue weighted by Gasteiger charge is 2.36. The number of fused-ring (bicyclic) bond motifs is 1. The van der Waals surface area contributed by atoms with Crippen molar-refractivity contribution < 1.29 is 33.3 Å². The number of nitrogens with zero attached hydrogens (tertiary/aromatic N) is 5. The number of carbonyl (C=O) groups excluding carboxylic acids is 1. The summed E-state index contributed by atoms with van der Waals surface area (Å²) >= 11 is 1.06. The maximum absolute atomic E-state index is 14.6. The van der Waals surface area contributed by atoms with Gasteiger partial charge in [-0.2, -0.15) is 10.2 Å². The molecule has 13 nitrogen and oxygen atoms in total. The highest BCUT2D eigenvalue weighted by molar-refractivity contribution is 7.21. The Kier molecular flexibility index (Phi) is 10.2. The first-order valence-electron chi connectivity index (χ1n) is 14.3. The number of carboxylic acids is 1. The second-order valence-corrected chi connectivity index (χ2v) is 12.0. The molecule has 3 heterocycles. The van der Waals surface area contributed by atoms with E-state index in [9.17, 15) is 28.7 Å². The van der Waals surface area contributed by atoms with Crippen molar-refractivity contribution in [2.75, 3.05) is 20.3 Å². The number of carbonyl (C=O) groups is 2. The fourth-order valence-electron chi connectivity index (χ4n) is 4.75. The van der Waals surface area contributed by atoms with E-state index in [4.69, 9.17) is 14.2 Å². The van der Waals surface area contributed by atoms with Crippen molar-refractivity contribution in [1.82, 2.24) is 24.1 Å². The van der Waals surface area contributed by atoms with Gasteiger partial charge in [-0.25, -0.2) is 18.5 Å². The van der Waals surface area contributed by atoms with Gasteiger partial charge in [-0.05, 0) is 52.3 Å². The van der Waals surface area contributed by atoms with Gasteiger partial charge in [0, 0.05) is 11.1 Å². The summed E-state index contributed by atoms with van der Waals surface area (Å²) in [7, 11) is 1.40. The highest BCUT2D eigenvalue weighted by Crippen LogP contribution is 2.34. The van der Waals surface area contributed by atoms with Gasteiger partial charge in [-0.1, -0.05) is 24.7 Å². The molecule has 4 rings (SSSR count). The molecule has 0 aliphatic carbocycles. The number of aromatic nitrogens is 5. The van der Waals surface area contributed by atoms with Crippen LogP contribution < -0.4 is 16.0 Å². The zero-order chi connectivity index (χ0) is 33.1. The van der Waals surface area contributed by atoms with Gasteiger partial charge in [0.15, 0.2) is 0 Å². The topological polar surface area (TPSA) is 157 Å². The summed E-state index contributed by atoms with van der Waals surface area (Å²) in [4.78, 5) is 54.4. The summed E-state index contributed by atoms with van der Waals surface area (Å²) in [5.74, 6) is -2.92. The molecule has 1 unspecified atom stereocenters. The van der Waals surface area contributed by atoms with Crippen molar-refractivity contribution in [3.63, 3.8) is 0 Å². The Morgan fingerprint density at radius 3 is 2.49 bits per heavy atom. The Bertz CT molecular complexity index is 1810. The van der Waals surface area contributed by atoms with Crippen LogP contribution in [0.1, 0.15) is 57.8 Å². The van der Waals surface area contributed by atoms with Crippen molar-refractivity contribution in [2.24, 2.45) is 5.92 Å². The zero-order valence-electron chi connectivity index (χ0n) is 25.9. The molecule has 3 aromatic heterocycles. The molecule has 0 saturated carbocycles. The van der Waals surface area contributed by atoms with E-state index in [0.717, 1.165) is 17.8 Å². The number of thiophene rings is 1. The first-order valence-corrected chi connectivity index (χ1v) is 15.2. The highest BCUT2D eigenvalue weighted by atomic mass is 32.1. The second-order valence-electron chi connectivity index (χ2n) is 11.1. The van der Waals surface area contributed by atoms with Crippen LogP contribution in [0, 0.1) is 18.7 Å². The maximum Gasteiger partial charge on any atom is 0.333 e. The SMILES string of the molecule is CCCCOC(=O)C(C)CO[C@@H](Cn1c(=O)n(C(C)(C)C(=O)O)c(=O)c2c(C)c(-n3nccn3)sc21)c1cc(F)ccc1OC. The van der Waals surface area contributed by atoms with Gasteiger partial charge >= 0.3 is 17.6 Å². The second kappa shape index (κ2) is 13.7. The third kappa shape index (κ3) is 6.68. The molecule has 2 atom stereocenters. The summed E-state index contributed by atoms with van der Waals surface area (Å²) in [6, 6.07) is 3.82. The van der Waals surface area contributed by atoms with Gasteiger partial charge in [0.25, 0.3) is 5.56 Å². The normalized spacial score (nSPS) is 13.1. The minimum Gasteiger partial charge on any atom is -0.496 e. The van der Waals surface area contributed by atoms with Crippen molar-refractivity contribution in [2.45, 2.75) is 65.6 Å². The number of rotatable bonds is 14. The number of unbranched alkanes of at least 4 members (excludes halogenated alkanes) is 1. The number of methoxy groups -OCH3 is 1. The molecule has 0 saturated heterocycles. The van der Waals surface area contributed by atoms with E-state index < -0.39 is 46.6 Å². The molecule has 0 spiro atoms. The molecule has 15 heteroatoms. The number of benzene rings is 1. The predicted molar refractivity (Wildman–Crippen MR) is 164 cm³/mol. The lowest BCUT2D eigenvalue weighted by Crippen LogP contribution is -2.52. The number of aliphatic carboxylic acids is 1. The lowest BCUT2D eigenvalue weighted by molar-refractivity contribution is -0.151. The Morgan fingerprint density at radius 1 is 1.18 bits per heavy atom. The van der Waals surface area contributed by atoms with E-state index in [1.54, 1.807) is 13.8 Å². The van der Waals surface area contributed by atoms with Gasteiger partial charge in [0.2, 0.25) is 0 Å². The largest absolute Gasteiger partial charge is 0.496 e. The number of halogens is 1. The van der Waals surface area contributed by atoms with Crippen molar-refractivity contribution >= 4 is 33.5 Å². The Morgan fingerprint density at radius 2 is 1.87 bits per heavy atom. The van der Waals surface area contributed by atoms with Crippen molar-refractivity contribution in [1.29, 1.82) is 0 Å². The van der Waals surface area contributed by atoms with E-state index >= 15 is 0 Å². The van der Waals surface area contributed by atoms with E-state index in [2.05, 4.69) is 10.2 Å². The van der Waals surface area contributed by atoms with Crippen LogP contribution in [0.2, 0.25) is 0 Å². The molecular weight excluding hydrogens is 609 g/mol. The number of esters is 1. The molecule has 45 heavy (non-hydrogen) atoms. The summed E-state index contributed by atoms with van der Waals surface area (Å²) < 4.78 is 33.5. The fraction of sp³-hybridized carbons (Fsp3) is 0.467. The quantitative estimate of drug-likeness (QED) is 0.158. The monoisotopic (exact) mass is 645 g/mol. The van der Waals surface area contributed by atoms with Crippen LogP contribution in [0.3, 0.4) is 0 Å².